The molecule has 2 aromatic rings. The average molecular weight is 469 g/mol. The first-order valence-corrected chi connectivity index (χ1v) is 12.3. The predicted octanol–water partition coefficient (Wildman–Crippen LogP) is 4.37. The van der Waals surface area contributed by atoms with Crippen molar-refractivity contribution in [1.29, 1.82) is 5.26 Å². The van der Waals surface area contributed by atoms with Crippen molar-refractivity contribution in [1.82, 2.24) is 5.32 Å². The maximum atomic E-state index is 12.6. The van der Waals surface area contributed by atoms with Gasteiger partial charge in [-0.2, -0.15) is 13.7 Å². The van der Waals surface area contributed by atoms with Crippen molar-refractivity contribution in [2.24, 2.45) is 5.92 Å². The zero-order valence-electron chi connectivity index (χ0n) is 19.0. The number of ether oxygens (including phenoxy) is 1. The Bertz CT molecular complexity index is 1180. The van der Waals surface area contributed by atoms with Gasteiger partial charge in [-0.1, -0.05) is 43.5 Å². The van der Waals surface area contributed by atoms with Gasteiger partial charge in [-0.25, -0.2) is 0 Å². The van der Waals surface area contributed by atoms with Crippen LogP contribution in [-0.4, -0.2) is 27.5 Å². The van der Waals surface area contributed by atoms with Crippen LogP contribution in [0.15, 0.2) is 52.9 Å². The van der Waals surface area contributed by atoms with Crippen LogP contribution in [0.4, 0.5) is 0 Å². The minimum absolute atomic E-state index is 0.00853. The molecule has 0 aliphatic heterocycles. The topological polar surface area (TPSA) is 105 Å². The van der Waals surface area contributed by atoms with E-state index in [0.717, 1.165) is 31.2 Å². The minimum atomic E-state index is -4.05. The molecular weight excluding hydrogens is 440 g/mol. The van der Waals surface area contributed by atoms with Crippen LogP contribution in [0.3, 0.4) is 0 Å². The van der Waals surface area contributed by atoms with Crippen molar-refractivity contribution in [2.75, 3.05) is 7.11 Å². The second-order valence-electron chi connectivity index (χ2n) is 8.27. The highest BCUT2D eigenvalue weighted by molar-refractivity contribution is 7.87. The van der Waals surface area contributed by atoms with Gasteiger partial charge >= 0.3 is 10.1 Å². The molecule has 1 amide bonds. The van der Waals surface area contributed by atoms with Crippen molar-refractivity contribution >= 4 is 22.1 Å². The monoisotopic (exact) mass is 468 g/mol. The van der Waals surface area contributed by atoms with Crippen molar-refractivity contribution in [2.45, 2.75) is 50.5 Å². The lowest BCUT2D eigenvalue weighted by atomic mass is 9.86. The highest BCUT2D eigenvalue weighted by Gasteiger charge is 2.24. The third-order valence-electron chi connectivity index (χ3n) is 5.80. The number of hydrogen-bond donors (Lipinski definition) is 1. The van der Waals surface area contributed by atoms with Gasteiger partial charge in [0.1, 0.15) is 16.5 Å². The number of aryl methyl sites for hydroxylation is 1. The number of carbonyl (C=O) groups is 1. The largest absolute Gasteiger partial charge is 0.493 e. The number of rotatable bonds is 7. The number of benzene rings is 2. The zero-order chi connectivity index (χ0) is 24.0. The Morgan fingerprint density at radius 1 is 1.12 bits per heavy atom. The first kappa shape index (κ1) is 24.3. The molecule has 33 heavy (non-hydrogen) atoms. The summed E-state index contributed by atoms with van der Waals surface area (Å²) < 4.78 is 35.8. The van der Waals surface area contributed by atoms with Gasteiger partial charge in [0.05, 0.1) is 7.11 Å². The molecule has 0 spiro atoms. The molecule has 0 aromatic heterocycles. The Balaban J connectivity index is 1.80. The molecule has 1 aliphatic rings. The smallest absolute Gasteiger partial charge is 0.339 e. The fraction of sp³-hybridized carbons (Fsp3) is 0.360. The highest BCUT2D eigenvalue weighted by atomic mass is 32.2. The van der Waals surface area contributed by atoms with E-state index in [1.807, 2.05) is 13.0 Å². The second kappa shape index (κ2) is 10.5. The maximum Gasteiger partial charge on any atom is 0.339 e. The molecule has 1 aliphatic carbocycles. The third kappa shape index (κ3) is 6.14. The molecule has 2 aromatic carbocycles. The summed E-state index contributed by atoms with van der Waals surface area (Å²) in [6, 6.07) is 12.8. The van der Waals surface area contributed by atoms with Crippen LogP contribution in [0.5, 0.6) is 11.5 Å². The Morgan fingerprint density at radius 3 is 2.45 bits per heavy atom. The van der Waals surface area contributed by atoms with Crippen LogP contribution in [0.25, 0.3) is 6.08 Å². The Morgan fingerprint density at radius 2 is 1.82 bits per heavy atom. The van der Waals surface area contributed by atoms with Gasteiger partial charge in [0.15, 0.2) is 11.5 Å². The maximum absolute atomic E-state index is 12.6. The van der Waals surface area contributed by atoms with Crippen LogP contribution in [0, 0.1) is 24.2 Å². The van der Waals surface area contributed by atoms with Crippen molar-refractivity contribution < 1.29 is 22.1 Å². The molecule has 0 saturated heterocycles. The van der Waals surface area contributed by atoms with Gasteiger partial charge in [0, 0.05) is 6.04 Å². The van der Waals surface area contributed by atoms with E-state index in [1.165, 1.54) is 37.5 Å². The first-order valence-electron chi connectivity index (χ1n) is 10.9. The molecule has 1 saturated carbocycles. The minimum Gasteiger partial charge on any atom is -0.493 e. The number of amides is 1. The number of nitrogens with one attached hydrogen (secondary N) is 1. The van der Waals surface area contributed by atoms with E-state index < -0.39 is 16.0 Å². The summed E-state index contributed by atoms with van der Waals surface area (Å²) in [5.41, 5.74) is 1.41. The number of hydrogen-bond acceptors (Lipinski definition) is 6. The third-order valence-corrected chi connectivity index (χ3v) is 7.05. The summed E-state index contributed by atoms with van der Waals surface area (Å²) in [5, 5.41) is 12.5. The summed E-state index contributed by atoms with van der Waals surface area (Å²) in [7, 11) is -2.66. The van der Waals surface area contributed by atoms with E-state index >= 15 is 0 Å². The first-order chi connectivity index (χ1) is 15.7. The SMILES string of the molecule is COc1cc(/C=C(\C#N)C(=O)N[C@@H]2CCCC[C@H]2C)ccc1OS(=O)(=O)c1ccc(C)cc1. The van der Waals surface area contributed by atoms with Crippen LogP contribution < -0.4 is 14.2 Å². The van der Waals surface area contributed by atoms with Gasteiger partial charge in [-0.05, 0) is 61.6 Å². The molecule has 3 rings (SSSR count). The van der Waals surface area contributed by atoms with Crippen LogP contribution in [0.2, 0.25) is 0 Å². The standard InChI is InChI=1S/C25H28N2O5S/c1-17-8-11-21(12-9-17)33(29,30)32-23-13-10-19(15-24(23)31-3)14-20(16-26)25(28)27-22-7-5-4-6-18(22)2/h8-15,18,22H,4-7H2,1-3H3,(H,27,28)/b20-14+/t18-,22-/m1/s1. The summed E-state index contributed by atoms with van der Waals surface area (Å²) in [5.74, 6) is 0.124. The molecule has 2 atom stereocenters. The number of nitrogens with zero attached hydrogens (tertiary/aromatic N) is 1. The fourth-order valence-electron chi connectivity index (χ4n) is 3.81. The van der Waals surface area contributed by atoms with Crippen LogP contribution in [-0.2, 0) is 14.9 Å². The molecule has 1 N–H and O–H groups in total. The van der Waals surface area contributed by atoms with Gasteiger partial charge < -0.3 is 14.2 Å². The second-order valence-corrected chi connectivity index (χ2v) is 9.82. The van der Waals surface area contributed by atoms with Gasteiger partial charge in [-0.15, -0.1) is 0 Å². The van der Waals surface area contributed by atoms with Crippen LogP contribution >= 0.6 is 0 Å². The normalized spacial score (nSPS) is 18.8. The molecule has 8 heteroatoms. The lowest BCUT2D eigenvalue weighted by Crippen LogP contribution is -2.41. The van der Waals surface area contributed by atoms with Crippen molar-refractivity contribution in [3.05, 3.63) is 59.2 Å². The number of carbonyl (C=O) groups excluding carboxylic acids is 1. The van der Waals surface area contributed by atoms with E-state index in [4.69, 9.17) is 8.92 Å². The van der Waals surface area contributed by atoms with Gasteiger partial charge in [0.25, 0.3) is 5.91 Å². The number of nitriles is 1. The molecule has 174 valence electrons. The lowest BCUT2D eigenvalue weighted by Gasteiger charge is -2.29. The van der Waals surface area contributed by atoms with E-state index in [1.54, 1.807) is 18.2 Å². The molecule has 0 heterocycles. The van der Waals surface area contributed by atoms with Gasteiger partial charge in [-0.3, -0.25) is 4.79 Å². The van der Waals surface area contributed by atoms with Crippen LogP contribution in [0.1, 0.15) is 43.7 Å². The van der Waals surface area contributed by atoms with E-state index in [-0.39, 0.29) is 28.0 Å². The summed E-state index contributed by atoms with van der Waals surface area (Å²) in [6.45, 7) is 3.96. The van der Waals surface area contributed by atoms with Gasteiger partial charge in [0.2, 0.25) is 0 Å². The predicted molar refractivity (Wildman–Crippen MR) is 125 cm³/mol. The molecule has 0 unspecified atom stereocenters. The highest BCUT2D eigenvalue weighted by Crippen LogP contribution is 2.32. The Labute approximate surface area is 195 Å². The van der Waals surface area contributed by atoms with Crippen molar-refractivity contribution in [3.8, 4) is 17.6 Å². The molecule has 7 nitrogen and oxygen atoms in total. The summed E-state index contributed by atoms with van der Waals surface area (Å²) in [6.07, 6.45) is 5.62. The molecule has 0 radical (unpaired) electrons. The summed E-state index contributed by atoms with van der Waals surface area (Å²) in [4.78, 5) is 12.7. The Kier molecular flexibility index (Phi) is 7.77. The molecular formula is C25H28N2O5S. The summed E-state index contributed by atoms with van der Waals surface area (Å²) >= 11 is 0. The lowest BCUT2D eigenvalue weighted by molar-refractivity contribution is -0.118. The molecule has 0 bridgehead atoms. The quantitative estimate of drug-likeness (QED) is 0.367. The van der Waals surface area contributed by atoms with E-state index in [2.05, 4.69) is 12.2 Å². The van der Waals surface area contributed by atoms with E-state index in [9.17, 15) is 18.5 Å². The zero-order valence-corrected chi connectivity index (χ0v) is 19.8. The van der Waals surface area contributed by atoms with E-state index in [0.29, 0.717) is 11.5 Å². The van der Waals surface area contributed by atoms with Crippen molar-refractivity contribution in [3.63, 3.8) is 0 Å². The molecule has 1 fully saturated rings. The Hall–Kier alpha value is -3.31. The average Bonchev–Trinajstić information content (AvgIpc) is 2.79. The fourth-order valence-corrected chi connectivity index (χ4v) is 4.75. The number of methoxy groups -OCH3 is 1.